The largest absolute Gasteiger partial charge is 0.368 e. The summed E-state index contributed by atoms with van der Waals surface area (Å²) in [6.45, 7) is 5.25. The van der Waals surface area contributed by atoms with E-state index in [-0.39, 0.29) is 30.0 Å². The molecule has 3 heterocycles. The summed E-state index contributed by atoms with van der Waals surface area (Å²) in [5.41, 5.74) is 0.634. The molecule has 31 heavy (non-hydrogen) atoms. The first-order valence-electron chi connectivity index (χ1n) is 10.5. The van der Waals surface area contributed by atoms with Gasteiger partial charge in [0.1, 0.15) is 12.1 Å². The monoisotopic (exact) mass is 442 g/mol. The lowest BCUT2D eigenvalue weighted by atomic mass is 9.89. The number of aryl methyl sites for hydroxylation is 1. The van der Waals surface area contributed by atoms with Crippen LogP contribution in [0.3, 0.4) is 0 Å². The van der Waals surface area contributed by atoms with Crippen LogP contribution in [-0.2, 0) is 23.2 Å². The molecule has 0 radical (unpaired) electrons. The van der Waals surface area contributed by atoms with Gasteiger partial charge in [-0.2, -0.15) is 0 Å². The minimum absolute atomic E-state index is 0.0256. The summed E-state index contributed by atoms with van der Waals surface area (Å²) in [6, 6.07) is 10.7. The van der Waals surface area contributed by atoms with E-state index in [0.717, 1.165) is 11.3 Å². The molecular formula is C23H27ClN4O3. The van der Waals surface area contributed by atoms with Crippen LogP contribution < -0.4 is 10.5 Å². The van der Waals surface area contributed by atoms with Gasteiger partial charge in [0, 0.05) is 49.2 Å². The summed E-state index contributed by atoms with van der Waals surface area (Å²) < 4.78 is 1.51. The van der Waals surface area contributed by atoms with E-state index in [9.17, 15) is 14.4 Å². The molecule has 4 rings (SSSR count). The number of halogens is 1. The van der Waals surface area contributed by atoms with Gasteiger partial charge in [-0.15, -0.1) is 0 Å². The molecule has 164 valence electrons. The smallest absolute Gasteiger partial charge is 0.252 e. The van der Waals surface area contributed by atoms with Crippen LogP contribution in [-0.4, -0.2) is 57.4 Å². The Kier molecular flexibility index (Phi) is 5.56. The minimum Gasteiger partial charge on any atom is -0.368 e. The van der Waals surface area contributed by atoms with Gasteiger partial charge in [-0.25, -0.2) is 0 Å². The molecule has 2 saturated heterocycles. The molecule has 1 aromatic heterocycles. The highest BCUT2D eigenvalue weighted by molar-refractivity contribution is 6.30. The average molecular weight is 443 g/mol. The van der Waals surface area contributed by atoms with Gasteiger partial charge in [0.15, 0.2) is 0 Å². The van der Waals surface area contributed by atoms with Gasteiger partial charge in [-0.3, -0.25) is 14.4 Å². The number of aromatic nitrogens is 1. The first kappa shape index (κ1) is 21.4. The Hall–Kier alpha value is -2.80. The zero-order valence-corrected chi connectivity index (χ0v) is 18.8. The van der Waals surface area contributed by atoms with Crippen LogP contribution >= 0.6 is 11.6 Å². The molecule has 2 aromatic rings. The van der Waals surface area contributed by atoms with Crippen LogP contribution in [0.2, 0.25) is 5.02 Å². The van der Waals surface area contributed by atoms with Gasteiger partial charge < -0.3 is 19.3 Å². The molecule has 0 unspecified atom stereocenters. The lowest BCUT2D eigenvalue weighted by Gasteiger charge is -2.48. The second-order valence-corrected chi connectivity index (χ2v) is 9.11. The zero-order chi connectivity index (χ0) is 22.3. The number of carbonyl (C=O) groups excluding carboxylic acids is 2. The molecule has 8 heteroatoms. The van der Waals surface area contributed by atoms with E-state index in [1.807, 2.05) is 36.9 Å². The highest BCUT2D eigenvalue weighted by atomic mass is 35.5. The number of hydrogen-bond acceptors (Lipinski definition) is 4. The van der Waals surface area contributed by atoms with Crippen molar-refractivity contribution < 1.29 is 9.59 Å². The van der Waals surface area contributed by atoms with Crippen molar-refractivity contribution in [1.29, 1.82) is 0 Å². The number of rotatable bonds is 4. The number of piperazine rings is 1. The van der Waals surface area contributed by atoms with E-state index in [4.69, 9.17) is 11.6 Å². The molecule has 2 fully saturated rings. The molecule has 0 saturated carbocycles. The summed E-state index contributed by atoms with van der Waals surface area (Å²) in [7, 11) is 1.70. The first-order chi connectivity index (χ1) is 14.7. The number of benzene rings is 1. The molecule has 0 N–H and O–H groups in total. The molecule has 2 aliphatic rings. The van der Waals surface area contributed by atoms with Gasteiger partial charge in [-0.1, -0.05) is 23.7 Å². The van der Waals surface area contributed by atoms with Gasteiger partial charge in [0.05, 0.1) is 6.54 Å². The van der Waals surface area contributed by atoms with Crippen molar-refractivity contribution in [1.82, 2.24) is 14.4 Å². The predicted molar refractivity (Wildman–Crippen MR) is 120 cm³/mol. The van der Waals surface area contributed by atoms with Gasteiger partial charge >= 0.3 is 0 Å². The fraction of sp³-hybridized carbons (Fsp3) is 0.435. The lowest BCUT2D eigenvalue weighted by Crippen LogP contribution is -2.69. The minimum atomic E-state index is -0.958. The van der Waals surface area contributed by atoms with Crippen molar-refractivity contribution in [2.24, 2.45) is 7.05 Å². The Morgan fingerprint density at radius 1 is 1.10 bits per heavy atom. The van der Waals surface area contributed by atoms with Crippen LogP contribution in [0.1, 0.15) is 25.8 Å². The summed E-state index contributed by atoms with van der Waals surface area (Å²) in [5, 5.41) is 0.628. The number of nitrogens with zero attached hydrogens (tertiary/aromatic N) is 4. The van der Waals surface area contributed by atoms with Crippen molar-refractivity contribution in [3.05, 3.63) is 63.5 Å². The summed E-state index contributed by atoms with van der Waals surface area (Å²) in [4.78, 5) is 44.6. The standard InChI is InChI=1S/C23H27ClN4O3/c1-16(2)27-14-21(30)28(13-17-4-6-18(24)7-5-17)23(22(27)31)9-11-26(15-23)19-8-10-25(3)20(29)12-19/h4-8,10,12,16H,9,11,13-15H2,1-3H3/t23-/m1/s1. The molecule has 1 aromatic carbocycles. The van der Waals surface area contributed by atoms with E-state index in [1.54, 1.807) is 41.2 Å². The topological polar surface area (TPSA) is 65.9 Å². The van der Waals surface area contributed by atoms with Gasteiger partial charge in [-0.05, 0) is 44.0 Å². The van der Waals surface area contributed by atoms with Crippen molar-refractivity contribution in [2.75, 3.05) is 24.5 Å². The zero-order valence-electron chi connectivity index (χ0n) is 18.0. The molecular weight excluding hydrogens is 416 g/mol. The van der Waals surface area contributed by atoms with Crippen molar-refractivity contribution in [2.45, 2.75) is 38.4 Å². The van der Waals surface area contributed by atoms with E-state index in [1.165, 1.54) is 4.57 Å². The van der Waals surface area contributed by atoms with Crippen molar-refractivity contribution in [3.63, 3.8) is 0 Å². The molecule has 0 bridgehead atoms. The Morgan fingerprint density at radius 2 is 1.81 bits per heavy atom. The number of pyridine rings is 1. The van der Waals surface area contributed by atoms with Crippen LogP contribution in [0.15, 0.2) is 47.4 Å². The van der Waals surface area contributed by atoms with E-state index in [0.29, 0.717) is 31.1 Å². The second-order valence-electron chi connectivity index (χ2n) is 8.67. The third-order valence-corrected chi connectivity index (χ3v) is 6.61. The van der Waals surface area contributed by atoms with Crippen LogP contribution in [0.25, 0.3) is 0 Å². The fourth-order valence-corrected chi connectivity index (χ4v) is 4.62. The summed E-state index contributed by atoms with van der Waals surface area (Å²) >= 11 is 6.02. The van der Waals surface area contributed by atoms with Gasteiger partial charge in [0.2, 0.25) is 5.91 Å². The highest BCUT2D eigenvalue weighted by Crippen LogP contribution is 2.37. The summed E-state index contributed by atoms with van der Waals surface area (Å²) in [5.74, 6) is -0.0866. The Labute approximate surface area is 186 Å². The molecule has 0 aliphatic carbocycles. The fourth-order valence-electron chi connectivity index (χ4n) is 4.50. The Morgan fingerprint density at radius 3 is 2.45 bits per heavy atom. The summed E-state index contributed by atoms with van der Waals surface area (Å²) in [6.07, 6.45) is 2.24. The van der Waals surface area contributed by atoms with Crippen LogP contribution in [0.4, 0.5) is 5.69 Å². The maximum absolute atomic E-state index is 13.7. The van der Waals surface area contributed by atoms with E-state index in [2.05, 4.69) is 0 Å². The number of carbonyl (C=O) groups is 2. The van der Waals surface area contributed by atoms with Crippen LogP contribution in [0, 0.1) is 0 Å². The number of amides is 2. The third-order valence-electron chi connectivity index (χ3n) is 6.36. The molecule has 1 atom stereocenters. The van der Waals surface area contributed by atoms with Gasteiger partial charge in [0.25, 0.3) is 11.5 Å². The first-order valence-corrected chi connectivity index (χ1v) is 10.9. The SMILES string of the molecule is CC(C)N1CC(=O)N(Cc2ccc(Cl)cc2)[C@@]2(CCN(c3ccn(C)c(=O)c3)C2)C1=O. The van der Waals surface area contributed by atoms with Crippen LogP contribution in [0.5, 0.6) is 0 Å². The molecule has 7 nitrogen and oxygen atoms in total. The Balaban J connectivity index is 1.70. The predicted octanol–water partition coefficient (Wildman–Crippen LogP) is 2.27. The van der Waals surface area contributed by atoms with Crippen molar-refractivity contribution >= 4 is 29.1 Å². The second kappa shape index (κ2) is 8.04. The quantitative estimate of drug-likeness (QED) is 0.728. The normalized spacial score (nSPS) is 21.6. The van der Waals surface area contributed by atoms with E-state index < -0.39 is 5.54 Å². The Bertz CT molecular complexity index is 1070. The number of hydrogen-bond donors (Lipinski definition) is 0. The highest BCUT2D eigenvalue weighted by Gasteiger charge is 2.56. The maximum Gasteiger partial charge on any atom is 0.252 e. The van der Waals surface area contributed by atoms with Crippen molar-refractivity contribution in [3.8, 4) is 0 Å². The maximum atomic E-state index is 13.7. The van der Waals surface area contributed by atoms with E-state index >= 15 is 0 Å². The number of anilines is 1. The average Bonchev–Trinajstić information content (AvgIpc) is 3.17. The molecule has 2 amide bonds. The molecule has 1 spiro atoms. The third kappa shape index (κ3) is 3.82. The molecule has 2 aliphatic heterocycles. The lowest BCUT2D eigenvalue weighted by molar-refractivity contribution is -0.166.